The Balaban J connectivity index is 1.75. The van der Waals surface area contributed by atoms with Crippen LogP contribution in [0.25, 0.3) is 0 Å². The summed E-state index contributed by atoms with van der Waals surface area (Å²) in [5, 5.41) is 7.85. The first-order chi connectivity index (χ1) is 10.9. The molecule has 2 heterocycles. The molecule has 1 aromatic carbocycles. The largest absolute Gasteiger partial charge is 0.473 e. The van der Waals surface area contributed by atoms with Crippen molar-refractivity contribution in [3.8, 4) is 5.88 Å². The van der Waals surface area contributed by atoms with E-state index in [0.717, 1.165) is 49.7 Å². The predicted molar refractivity (Wildman–Crippen MR) is 84.9 cm³/mol. The Labute approximate surface area is 131 Å². The van der Waals surface area contributed by atoms with Gasteiger partial charge in [0, 0.05) is 25.8 Å². The van der Waals surface area contributed by atoms with Gasteiger partial charge in [-0.05, 0) is 25.5 Å². The summed E-state index contributed by atoms with van der Waals surface area (Å²) in [4.78, 5) is 0. The van der Waals surface area contributed by atoms with Gasteiger partial charge in [0.05, 0.1) is 11.7 Å². The lowest BCUT2D eigenvalue weighted by atomic mass is 10.1. The van der Waals surface area contributed by atoms with E-state index in [9.17, 15) is 0 Å². The van der Waals surface area contributed by atoms with E-state index in [2.05, 4.69) is 17.4 Å². The lowest BCUT2D eigenvalue weighted by molar-refractivity contribution is 0.0626. The van der Waals surface area contributed by atoms with Gasteiger partial charge in [-0.3, -0.25) is 0 Å². The highest BCUT2D eigenvalue weighted by Crippen LogP contribution is 2.27. The molecule has 0 atom stereocenters. The molecule has 0 unspecified atom stereocenters. The first-order valence-electron chi connectivity index (χ1n) is 7.84. The van der Waals surface area contributed by atoms with Gasteiger partial charge < -0.3 is 14.8 Å². The van der Waals surface area contributed by atoms with E-state index in [1.54, 1.807) is 0 Å². The van der Waals surface area contributed by atoms with Gasteiger partial charge in [-0.25, -0.2) is 4.68 Å². The van der Waals surface area contributed by atoms with Gasteiger partial charge in [-0.1, -0.05) is 30.3 Å². The number of aromatic nitrogens is 2. The fourth-order valence-corrected chi connectivity index (χ4v) is 2.72. The molecule has 0 aliphatic carbocycles. The Kier molecular flexibility index (Phi) is 5.08. The Morgan fingerprint density at radius 3 is 2.77 bits per heavy atom. The topological polar surface area (TPSA) is 48.3 Å². The number of nitrogens with one attached hydrogen (secondary N) is 1. The van der Waals surface area contributed by atoms with Crippen molar-refractivity contribution in [1.29, 1.82) is 0 Å². The van der Waals surface area contributed by atoms with Crippen molar-refractivity contribution in [2.45, 2.75) is 32.0 Å². The molecule has 0 bridgehead atoms. The molecule has 1 saturated heterocycles. The number of rotatable bonds is 6. The number of ether oxygens (including phenoxy) is 2. The third-order valence-electron chi connectivity index (χ3n) is 3.88. The van der Waals surface area contributed by atoms with Gasteiger partial charge in [0.2, 0.25) is 5.88 Å². The van der Waals surface area contributed by atoms with Crippen molar-refractivity contribution in [2.75, 3.05) is 20.3 Å². The minimum absolute atomic E-state index is 0.366. The van der Waals surface area contributed by atoms with E-state index in [4.69, 9.17) is 14.6 Å². The first-order valence-corrected chi connectivity index (χ1v) is 7.84. The average Bonchev–Trinajstić information content (AvgIpc) is 2.98. The zero-order valence-corrected chi connectivity index (χ0v) is 13.0. The Bertz CT molecular complexity index is 577. The Hall–Kier alpha value is -1.85. The summed E-state index contributed by atoms with van der Waals surface area (Å²) in [6.45, 7) is 2.90. The minimum Gasteiger partial charge on any atom is -0.473 e. The van der Waals surface area contributed by atoms with Crippen LogP contribution in [-0.2, 0) is 17.9 Å². The van der Waals surface area contributed by atoms with Crippen LogP contribution in [-0.4, -0.2) is 30.0 Å². The quantitative estimate of drug-likeness (QED) is 0.891. The van der Waals surface area contributed by atoms with Crippen LogP contribution < -0.4 is 10.1 Å². The van der Waals surface area contributed by atoms with Crippen LogP contribution in [0.15, 0.2) is 36.4 Å². The Morgan fingerprint density at radius 2 is 2.05 bits per heavy atom. The summed E-state index contributed by atoms with van der Waals surface area (Å²) < 4.78 is 13.5. The minimum atomic E-state index is 0.366. The molecule has 0 saturated carbocycles. The van der Waals surface area contributed by atoms with E-state index >= 15 is 0 Å². The van der Waals surface area contributed by atoms with Crippen LogP contribution in [0.2, 0.25) is 0 Å². The maximum absolute atomic E-state index is 6.04. The molecule has 22 heavy (non-hydrogen) atoms. The number of hydrogen-bond donors (Lipinski definition) is 1. The molecular weight excluding hydrogens is 278 g/mol. The zero-order chi connectivity index (χ0) is 15.2. The van der Waals surface area contributed by atoms with Crippen molar-refractivity contribution >= 4 is 0 Å². The van der Waals surface area contributed by atoms with Crippen molar-refractivity contribution in [1.82, 2.24) is 15.1 Å². The molecule has 3 rings (SSSR count). The van der Waals surface area contributed by atoms with Gasteiger partial charge in [0.1, 0.15) is 6.61 Å². The summed E-state index contributed by atoms with van der Waals surface area (Å²) in [5.74, 6) is 0.848. The molecule has 0 spiro atoms. The van der Waals surface area contributed by atoms with E-state index in [0.29, 0.717) is 12.6 Å². The summed E-state index contributed by atoms with van der Waals surface area (Å²) in [5.41, 5.74) is 2.18. The predicted octanol–water partition coefficient (Wildman–Crippen LogP) is 2.53. The van der Waals surface area contributed by atoms with Gasteiger partial charge in [-0.15, -0.1) is 0 Å². The second-order valence-electron chi connectivity index (χ2n) is 5.57. The van der Waals surface area contributed by atoms with Gasteiger partial charge in [-0.2, -0.15) is 5.10 Å². The molecule has 1 aliphatic heterocycles. The van der Waals surface area contributed by atoms with Crippen molar-refractivity contribution in [2.24, 2.45) is 0 Å². The normalized spacial score (nSPS) is 15.9. The second-order valence-corrected chi connectivity index (χ2v) is 5.57. The maximum Gasteiger partial charge on any atom is 0.212 e. The molecule has 5 heteroatoms. The first kappa shape index (κ1) is 15.1. The van der Waals surface area contributed by atoms with Crippen LogP contribution in [0, 0.1) is 0 Å². The van der Waals surface area contributed by atoms with Crippen LogP contribution in [0.5, 0.6) is 5.88 Å². The van der Waals surface area contributed by atoms with Crippen LogP contribution in [0.4, 0.5) is 0 Å². The van der Waals surface area contributed by atoms with Crippen molar-refractivity contribution < 1.29 is 9.47 Å². The van der Waals surface area contributed by atoms with Gasteiger partial charge in [0.25, 0.3) is 0 Å². The SMILES string of the molecule is CNCc1cc(OCc2ccccc2)n(C2CCOCC2)n1. The maximum atomic E-state index is 6.04. The van der Waals surface area contributed by atoms with Crippen LogP contribution >= 0.6 is 0 Å². The van der Waals surface area contributed by atoms with E-state index in [1.807, 2.05) is 36.0 Å². The highest BCUT2D eigenvalue weighted by Gasteiger charge is 2.21. The van der Waals surface area contributed by atoms with Crippen LogP contribution in [0.1, 0.15) is 30.1 Å². The third-order valence-corrected chi connectivity index (χ3v) is 3.88. The fraction of sp³-hybridized carbons (Fsp3) is 0.471. The highest BCUT2D eigenvalue weighted by molar-refractivity contribution is 5.19. The fourth-order valence-electron chi connectivity index (χ4n) is 2.72. The van der Waals surface area contributed by atoms with E-state index in [-0.39, 0.29) is 0 Å². The number of hydrogen-bond acceptors (Lipinski definition) is 4. The zero-order valence-electron chi connectivity index (χ0n) is 13.0. The Morgan fingerprint density at radius 1 is 1.27 bits per heavy atom. The summed E-state index contributed by atoms with van der Waals surface area (Å²) in [7, 11) is 1.93. The second kappa shape index (κ2) is 7.42. The van der Waals surface area contributed by atoms with Gasteiger partial charge >= 0.3 is 0 Å². The van der Waals surface area contributed by atoms with E-state index < -0.39 is 0 Å². The molecule has 1 fully saturated rings. The monoisotopic (exact) mass is 301 g/mol. The molecule has 5 nitrogen and oxygen atoms in total. The molecule has 1 N–H and O–H groups in total. The summed E-state index contributed by atoms with van der Waals surface area (Å²) >= 11 is 0. The van der Waals surface area contributed by atoms with Crippen molar-refractivity contribution in [3.63, 3.8) is 0 Å². The summed E-state index contributed by atoms with van der Waals surface area (Å²) in [6.07, 6.45) is 1.98. The molecular formula is C17H23N3O2. The molecule has 2 aromatic rings. The third kappa shape index (κ3) is 3.67. The lowest BCUT2D eigenvalue weighted by Gasteiger charge is -2.24. The summed E-state index contributed by atoms with van der Waals surface area (Å²) in [6, 6.07) is 12.6. The molecule has 0 amide bonds. The van der Waals surface area contributed by atoms with Gasteiger partial charge in [0.15, 0.2) is 0 Å². The van der Waals surface area contributed by atoms with Crippen molar-refractivity contribution in [3.05, 3.63) is 47.7 Å². The standard InChI is InChI=1S/C17H23N3O2/c1-18-12-15-11-17(22-13-14-5-3-2-4-6-14)20(19-15)16-7-9-21-10-8-16/h2-6,11,16,18H,7-10,12-13H2,1H3. The lowest BCUT2D eigenvalue weighted by Crippen LogP contribution is -2.21. The smallest absolute Gasteiger partial charge is 0.212 e. The molecule has 0 radical (unpaired) electrons. The number of nitrogens with zero attached hydrogens (tertiary/aromatic N) is 2. The highest BCUT2D eigenvalue weighted by atomic mass is 16.5. The van der Waals surface area contributed by atoms with E-state index in [1.165, 1.54) is 0 Å². The molecule has 1 aromatic heterocycles. The number of benzene rings is 1. The van der Waals surface area contributed by atoms with Crippen LogP contribution in [0.3, 0.4) is 0 Å². The average molecular weight is 301 g/mol. The molecule has 1 aliphatic rings. The molecule has 118 valence electrons.